The third kappa shape index (κ3) is 7.36. The molecule has 0 bridgehead atoms. The molecule has 1 fully saturated rings. The number of likely N-dealkylation sites (tertiary alicyclic amines) is 1. The maximum Gasteiger partial charge on any atom is 0.410 e. The van der Waals surface area contributed by atoms with E-state index in [2.05, 4.69) is 10.2 Å². The van der Waals surface area contributed by atoms with Crippen LogP contribution in [0.1, 0.15) is 40.5 Å². The maximum atomic E-state index is 12.7. The zero-order valence-electron chi connectivity index (χ0n) is 18.7. The molecule has 10 heteroatoms. The van der Waals surface area contributed by atoms with Crippen molar-refractivity contribution in [1.29, 1.82) is 0 Å². The number of anilines is 1. The number of hydrogen-bond donors (Lipinski definition) is 1. The van der Waals surface area contributed by atoms with Gasteiger partial charge in [0.15, 0.2) is 0 Å². The summed E-state index contributed by atoms with van der Waals surface area (Å²) in [7, 11) is 1.72. The van der Waals surface area contributed by atoms with Crippen molar-refractivity contribution in [1.82, 2.24) is 9.80 Å². The van der Waals surface area contributed by atoms with Gasteiger partial charge in [-0.2, -0.15) is 0 Å². The van der Waals surface area contributed by atoms with Crippen LogP contribution in [0.3, 0.4) is 0 Å². The first-order chi connectivity index (χ1) is 14.4. The van der Waals surface area contributed by atoms with Crippen molar-refractivity contribution in [3.8, 4) is 0 Å². The molecule has 0 spiro atoms. The van der Waals surface area contributed by atoms with Crippen molar-refractivity contribution < 1.29 is 19.2 Å². The van der Waals surface area contributed by atoms with Crippen molar-refractivity contribution in [3.05, 3.63) is 33.3 Å². The van der Waals surface area contributed by atoms with Gasteiger partial charge in [0.05, 0.1) is 21.7 Å². The number of ether oxygens (including phenoxy) is 1. The van der Waals surface area contributed by atoms with Gasteiger partial charge in [-0.25, -0.2) is 4.79 Å². The molecule has 1 aliphatic heterocycles. The standard InChI is InChI=1S/C21H31ClN4O5/c1-14(19(27)23-18-9-8-16(26(29)30)11-17(18)22)25-10-6-7-15(13-25)12-24(5)20(28)31-21(2,3)4/h8-9,11,14-15H,6-7,10,12-13H2,1-5H3,(H,23,27). The van der Waals surface area contributed by atoms with Crippen LogP contribution in [0, 0.1) is 16.0 Å². The lowest BCUT2D eigenvalue weighted by molar-refractivity contribution is -0.384. The minimum Gasteiger partial charge on any atom is -0.444 e. The first-order valence-electron chi connectivity index (χ1n) is 10.3. The normalized spacial score (nSPS) is 18.2. The predicted octanol–water partition coefficient (Wildman–Crippen LogP) is 4.15. The summed E-state index contributed by atoms with van der Waals surface area (Å²) < 4.78 is 5.41. The zero-order chi connectivity index (χ0) is 23.3. The van der Waals surface area contributed by atoms with E-state index in [0.717, 1.165) is 19.4 Å². The molecular weight excluding hydrogens is 424 g/mol. The summed E-state index contributed by atoms with van der Waals surface area (Å²) in [6.45, 7) is 9.31. The van der Waals surface area contributed by atoms with E-state index in [9.17, 15) is 19.7 Å². The van der Waals surface area contributed by atoms with Gasteiger partial charge in [-0.15, -0.1) is 0 Å². The zero-order valence-corrected chi connectivity index (χ0v) is 19.4. The number of hydrogen-bond acceptors (Lipinski definition) is 6. The molecule has 0 aliphatic carbocycles. The van der Waals surface area contributed by atoms with Gasteiger partial charge in [0.1, 0.15) is 5.60 Å². The van der Waals surface area contributed by atoms with E-state index in [4.69, 9.17) is 16.3 Å². The summed E-state index contributed by atoms with van der Waals surface area (Å²) in [5.74, 6) is -0.0126. The average molecular weight is 455 g/mol. The predicted molar refractivity (Wildman–Crippen MR) is 119 cm³/mol. The first kappa shape index (κ1) is 24.9. The van der Waals surface area contributed by atoms with E-state index in [1.165, 1.54) is 18.2 Å². The number of nitro benzene ring substituents is 1. The molecule has 1 N–H and O–H groups in total. The molecule has 1 heterocycles. The van der Waals surface area contributed by atoms with Gasteiger partial charge in [0, 0.05) is 32.3 Å². The molecule has 1 aromatic rings. The SMILES string of the molecule is CC(C(=O)Nc1ccc([N+](=O)[O-])cc1Cl)N1CCCC(CN(C)C(=O)OC(C)(C)C)C1. The minimum absolute atomic E-state index is 0.116. The fraction of sp³-hybridized carbons (Fsp3) is 0.619. The molecule has 172 valence electrons. The first-order valence-corrected chi connectivity index (χ1v) is 10.7. The van der Waals surface area contributed by atoms with E-state index in [0.29, 0.717) is 18.8 Å². The molecule has 0 radical (unpaired) electrons. The van der Waals surface area contributed by atoms with Crippen molar-refractivity contribution in [3.63, 3.8) is 0 Å². The molecule has 2 atom stereocenters. The van der Waals surface area contributed by atoms with Gasteiger partial charge in [-0.05, 0) is 59.1 Å². The summed E-state index contributed by atoms with van der Waals surface area (Å²) in [6, 6.07) is 3.53. The topological polar surface area (TPSA) is 105 Å². The molecule has 2 unspecified atom stereocenters. The van der Waals surface area contributed by atoms with Crippen LogP contribution in [0.2, 0.25) is 5.02 Å². The van der Waals surface area contributed by atoms with Gasteiger partial charge < -0.3 is 15.0 Å². The Kier molecular flexibility index (Phi) is 8.25. The van der Waals surface area contributed by atoms with Crippen LogP contribution in [0.4, 0.5) is 16.2 Å². The number of nitrogens with zero attached hydrogens (tertiary/aromatic N) is 3. The Balaban J connectivity index is 1.94. The molecule has 2 rings (SSSR count). The highest BCUT2D eigenvalue weighted by molar-refractivity contribution is 6.34. The summed E-state index contributed by atoms with van der Waals surface area (Å²) in [5, 5.41) is 13.7. The molecule has 0 saturated carbocycles. The minimum atomic E-state index is -0.546. The van der Waals surface area contributed by atoms with Crippen LogP contribution in [0.5, 0.6) is 0 Å². The Morgan fingerprint density at radius 3 is 2.68 bits per heavy atom. The average Bonchev–Trinajstić information content (AvgIpc) is 2.67. The lowest BCUT2D eigenvalue weighted by Crippen LogP contribution is -2.49. The van der Waals surface area contributed by atoms with Crippen LogP contribution < -0.4 is 5.32 Å². The Morgan fingerprint density at radius 2 is 2.10 bits per heavy atom. The van der Waals surface area contributed by atoms with Crippen LogP contribution in [0.25, 0.3) is 0 Å². The number of non-ortho nitro benzene ring substituents is 1. The van der Waals surface area contributed by atoms with Crippen LogP contribution in [-0.4, -0.2) is 65.0 Å². The Hall–Kier alpha value is -2.39. The summed E-state index contributed by atoms with van der Waals surface area (Å²) in [6.07, 6.45) is 1.53. The Morgan fingerprint density at radius 1 is 1.42 bits per heavy atom. The molecule has 9 nitrogen and oxygen atoms in total. The van der Waals surface area contributed by atoms with E-state index < -0.39 is 16.6 Å². The second-order valence-electron chi connectivity index (χ2n) is 8.95. The van der Waals surface area contributed by atoms with Gasteiger partial charge in [-0.3, -0.25) is 19.8 Å². The third-order valence-electron chi connectivity index (χ3n) is 5.14. The third-order valence-corrected chi connectivity index (χ3v) is 5.45. The second-order valence-corrected chi connectivity index (χ2v) is 9.36. The second kappa shape index (κ2) is 10.3. The van der Waals surface area contributed by atoms with E-state index >= 15 is 0 Å². The van der Waals surface area contributed by atoms with E-state index in [1.54, 1.807) is 11.9 Å². The molecule has 0 aromatic heterocycles. The molecule has 1 aromatic carbocycles. The smallest absolute Gasteiger partial charge is 0.410 e. The lowest BCUT2D eigenvalue weighted by atomic mass is 9.96. The van der Waals surface area contributed by atoms with Crippen LogP contribution in [0.15, 0.2) is 18.2 Å². The number of carbonyl (C=O) groups is 2. The highest BCUT2D eigenvalue weighted by Crippen LogP contribution is 2.27. The van der Waals surface area contributed by atoms with Gasteiger partial charge in [0.25, 0.3) is 5.69 Å². The fourth-order valence-corrected chi connectivity index (χ4v) is 3.74. The van der Waals surface area contributed by atoms with E-state index in [1.807, 2.05) is 27.7 Å². The number of piperidine rings is 1. The highest BCUT2D eigenvalue weighted by atomic mass is 35.5. The maximum absolute atomic E-state index is 12.7. The summed E-state index contributed by atoms with van der Waals surface area (Å²) >= 11 is 6.08. The molecule has 31 heavy (non-hydrogen) atoms. The number of rotatable bonds is 6. The highest BCUT2D eigenvalue weighted by Gasteiger charge is 2.30. The monoisotopic (exact) mass is 454 g/mol. The molecule has 2 amide bonds. The number of benzene rings is 1. The van der Waals surface area contributed by atoms with Crippen molar-refractivity contribution >= 4 is 35.0 Å². The number of carbonyl (C=O) groups excluding carboxylic acids is 2. The fourth-order valence-electron chi connectivity index (χ4n) is 3.52. The van der Waals surface area contributed by atoms with Crippen molar-refractivity contribution in [2.75, 3.05) is 32.0 Å². The van der Waals surface area contributed by atoms with Crippen LogP contribution in [-0.2, 0) is 9.53 Å². The molecule has 1 saturated heterocycles. The largest absolute Gasteiger partial charge is 0.444 e. The van der Waals surface area contributed by atoms with Crippen molar-refractivity contribution in [2.45, 2.75) is 52.2 Å². The van der Waals surface area contributed by atoms with Gasteiger partial charge in [-0.1, -0.05) is 11.6 Å². The summed E-state index contributed by atoms with van der Waals surface area (Å²) in [4.78, 5) is 38.9. The van der Waals surface area contributed by atoms with Crippen molar-refractivity contribution in [2.24, 2.45) is 5.92 Å². The van der Waals surface area contributed by atoms with Gasteiger partial charge in [0.2, 0.25) is 5.91 Å². The Bertz CT molecular complexity index is 826. The number of nitrogens with one attached hydrogen (secondary N) is 1. The quantitative estimate of drug-likeness (QED) is 0.511. The van der Waals surface area contributed by atoms with Crippen LogP contribution >= 0.6 is 11.6 Å². The number of halogens is 1. The lowest BCUT2D eigenvalue weighted by Gasteiger charge is -2.37. The molecule has 1 aliphatic rings. The summed E-state index contributed by atoms with van der Waals surface area (Å²) in [5.41, 5.74) is -0.346. The number of amides is 2. The number of nitro groups is 1. The Labute approximate surface area is 187 Å². The van der Waals surface area contributed by atoms with E-state index in [-0.39, 0.29) is 28.6 Å². The molecular formula is C21H31ClN4O5. The van der Waals surface area contributed by atoms with Gasteiger partial charge >= 0.3 is 6.09 Å².